The third-order valence-electron chi connectivity index (χ3n) is 2.83. The van der Waals surface area contributed by atoms with Crippen molar-refractivity contribution in [2.24, 2.45) is 0 Å². The second kappa shape index (κ2) is 9.64. The van der Waals surface area contributed by atoms with Gasteiger partial charge in [-0.2, -0.15) is 0 Å². The number of hydrogen-bond donors (Lipinski definition) is 1. The van der Waals surface area contributed by atoms with Crippen molar-refractivity contribution in [2.45, 2.75) is 71.4 Å². The molecule has 0 bridgehead atoms. The second-order valence-electron chi connectivity index (χ2n) is 4.52. The van der Waals surface area contributed by atoms with E-state index in [2.05, 4.69) is 23.9 Å². The molecular formula is C13H27NO2. The Morgan fingerprint density at radius 2 is 1.81 bits per heavy atom. The number of esters is 1. The van der Waals surface area contributed by atoms with E-state index in [1.807, 2.05) is 6.92 Å². The summed E-state index contributed by atoms with van der Waals surface area (Å²) in [6.07, 6.45) is 7.61. The van der Waals surface area contributed by atoms with Gasteiger partial charge in [0.2, 0.25) is 0 Å². The number of methoxy groups -OCH3 is 1. The van der Waals surface area contributed by atoms with Gasteiger partial charge in [-0.05, 0) is 20.3 Å². The summed E-state index contributed by atoms with van der Waals surface area (Å²) >= 11 is 0. The van der Waals surface area contributed by atoms with Gasteiger partial charge in [-0.3, -0.25) is 4.79 Å². The van der Waals surface area contributed by atoms with E-state index in [-0.39, 0.29) is 12.0 Å². The van der Waals surface area contributed by atoms with Crippen molar-refractivity contribution in [1.29, 1.82) is 0 Å². The second-order valence-corrected chi connectivity index (χ2v) is 4.52. The summed E-state index contributed by atoms with van der Waals surface area (Å²) in [6, 6.07) is 0.186. The molecule has 0 saturated heterocycles. The predicted octanol–water partition coefficient (Wildman–Crippen LogP) is 2.89. The molecule has 1 N–H and O–H groups in total. The molecule has 0 fully saturated rings. The van der Waals surface area contributed by atoms with E-state index in [0.29, 0.717) is 6.04 Å². The molecule has 0 amide bonds. The van der Waals surface area contributed by atoms with Gasteiger partial charge >= 0.3 is 5.97 Å². The fourth-order valence-electron chi connectivity index (χ4n) is 1.81. The number of hydrogen-bond acceptors (Lipinski definition) is 3. The van der Waals surface area contributed by atoms with Crippen molar-refractivity contribution in [3.8, 4) is 0 Å². The topological polar surface area (TPSA) is 38.3 Å². The Balaban J connectivity index is 3.50. The summed E-state index contributed by atoms with van der Waals surface area (Å²) in [4.78, 5) is 11.2. The van der Waals surface area contributed by atoms with Gasteiger partial charge in [0, 0.05) is 6.04 Å². The molecule has 0 aliphatic rings. The van der Waals surface area contributed by atoms with E-state index >= 15 is 0 Å². The Labute approximate surface area is 99.9 Å². The zero-order valence-electron chi connectivity index (χ0n) is 11.2. The van der Waals surface area contributed by atoms with E-state index < -0.39 is 0 Å². The van der Waals surface area contributed by atoms with Crippen LogP contribution in [0.1, 0.15) is 59.3 Å². The summed E-state index contributed by atoms with van der Waals surface area (Å²) < 4.78 is 4.67. The SMILES string of the molecule is CCCCCCCC(C)N[C@@H](C)C(=O)OC. The standard InChI is InChI=1S/C13H27NO2/c1-5-6-7-8-9-10-11(2)14-12(3)13(15)16-4/h11-12,14H,5-10H2,1-4H3/t11?,12-/m0/s1. The number of carbonyl (C=O) groups is 1. The zero-order chi connectivity index (χ0) is 12.4. The van der Waals surface area contributed by atoms with Crippen LogP contribution < -0.4 is 5.32 Å². The first-order chi connectivity index (χ1) is 7.61. The van der Waals surface area contributed by atoms with Gasteiger partial charge in [-0.25, -0.2) is 0 Å². The van der Waals surface area contributed by atoms with Crippen LogP contribution in [0.4, 0.5) is 0 Å². The van der Waals surface area contributed by atoms with Gasteiger partial charge < -0.3 is 10.1 Å². The van der Waals surface area contributed by atoms with Gasteiger partial charge in [0.1, 0.15) is 6.04 Å². The summed E-state index contributed by atoms with van der Waals surface area (Å²) in [5.41, 5.74) is 0. The molecule has 0 rings (SSSR count). The van der Waals surface area contributed by atoms with Crippen LogP contribution in [0.5, 0.6) is 0 Å². The molecule has 0 aromatic heterocycles. The largest absolute Gasteiger partial charge is 0.468 e. The molecule has 3 nitrogen and oxygen atoms in total. The molecule has 0 radical (unpaired) electrons. The molecule has 1 unspecified atom stereocenters. The summed E-state index contributed by atoms with van der Waals surface area (Å²) in [7, 11) is 1.43. The Bertz CT molecular complexity index is 183. The van der Waals surface area contributed by atoms with E-state index in [1.54, 1.807) is 0 Å². The average Bonchev–Trinajstić information content (AvgIpc) is 2.27. The molecule has 0 saturated carbocycles. The molecule has 0 aromatic carbocycles. The number of nitrogens with one attached hydrogen (secondary N) is 1. The third-order valence-corrected chi connectivity index (χ3v) is 2.83. The molecule has 0 spiro atoms. The molecule has 3 heteroatoms. The highest BCUT2D eigenvalue weighted by Gasteiger charge is 2.14. The number of rotatable bonds is 9. The maximum absolute atomic E-state index is 11.2. The molecular weight excluding hydrogens is 202 g/mol. The normalized spacial score (nSPS) is 14.5. The van der Waals surface area contributed by atoms with E-state index in [4.69, 9.17) is 0 Å². The molecule has 2 atom stereocenters. The van der Waals surface area contributed by atoms with Crippen molar-refractivity contribution in [3.05, 3.63) is 0 Å². The lowest BCUT2D eigenvalue weighted by Crippen LogP contribution is -2.40. The minimum absolute atomic E-state index is 0.183. The number of ether oxygens (including phenoxy) is 1. The average molecular weight is 229 g/mol. The fraction of sp³-hybridized carbons (Fsp3) is 0.923. The van der Waals surface area contributed by atoms with Crippen molar-refractivity contribution < 1.29 is 9.53 Å². The molecule has 0 aliphatic heterocycles. The Morgan fingerprint density at radius 1 is 1.19 bits per heavy atom. The first-order valence-corrected chi connectivity index (χ1v) is 6.45. The van der Waals surface area contributed by atoms with Crippen LogP contribution in [0.15, 0.2) is 0 Å². The van der Waals surface area contributed by atoms with Crippen LogP contribution in [-0.2, 0) is 9.53 Å². The fourth-order valence-corrected chi connectivity index (χ4v) is 1.81. The van der Waals surface area contributed by atoms with Crippen LogP contribution in [0.3, 0.4) is 0 Å². The van der Waals surface area contributed by atoms with Crippen molar-refractivity contribution in [3.63, 3.8) is 0 Å². The van der Waals surface area contributed by atoms with Crippen LogP contribution >= 0.6 is 0 Å². The minimum atomic E-state index is -0.198. The van der Waals surface area contributed by atoms with Gasteiger partial charge in [0.25, 0.3) is 0 Å². The smallest absolute Gasteiger partial charge is 0.322 e. The number of unbranched alkanes of at least 4 members (excludes halogenated alkanes) is 4. The lowest BCUT2D eigenvalue weighted by molar-refractivity contribution is -0.142. The maximum atomic E-state index is 11.2. The van der Waals surface area contributed by atoms with Crippen LogP contribution in [-0.4, -0.2) is 25.2 Å². The monoisotopic (exact) mass is 229 g/mol. The minimum Gasteiger partial charge on any atom is -0.468 e. The predicted molar refractivity (Wildman–Crippen MR) is 67.5 cm³/mol. The van der Waals surface area contributed by atoms with Crippen molar-refractivity contribution in [2.75, 3.05) is 7.11 Å². The number of carbonyl (C=O) groups excluding carboxylic acids is 1. The van der Waals surface area contributed by atoms with Crippen molar-refractivity contribution in [1.82, 2.24) is 5.32 Å². The van der Waals surface area contributed by atoms with Crippen LogP contribution in [0.25, 0.3) is 0 Å². The highest BCUT2D eigenvalue weighted by molar-refractivity contribution is 5.75. The quantitative estimate of drug-likeness (QED) is 0.488. The van der Waals surface area contributed by atoms with E-state index in [9.17, 15) is 4.79 Å². The first kappa shape index (κ1) is 15.4. The molecule has 0 aliphatic carbocycles. The summed E-state index contributed by atoms with van der Waals surface area (Å²) in [5.74, 6) is -0.183. The van der Waals surface area contributed by atoms with Crippen LogP contribution in [0.2, 0.25) is 0 Å². The van der Waals surface area contributed by atoms with Crippen LogP contribution in [0, 0.1) is 0 Å². The van der Waals surface area contributed by atoms with Gasteiger partial charge in [-0.1, -0.05) is 39.0 Å². The molecule has 0 heterocycles. The molecule has 16 heavy (non-hydrogen) atoms. The van der Waals surface area contributed by atoms with Crippen molar-refractivity contribution >= 4 is 5.97 Å². The van der Waals surface area contributed by atoms with E-state index in [0.717, 1.165) is 6.42 Å². The molecule has 0 aromatic rings. The van der Waals surface area contributed by atoms with Gasteiger partial charge in [0.05, 0.1) is 7.11 Å². The zero-order valence-corrected chi connectivity index (χ0v) is 11.2. The lowest BCUT2D eigenvalue weighted by atomic mass is 10.1. The maximum Gasteiger partial charge on any atom is 0.322 e. The Morgan fingerprint density at radius 3 is 2.38 bits per heavy atom. The summed E-state index contributed by atoms with van der Waals surface area (Å²) in [5, 5.41) is 3.25. The van der Waals surface area contributed by atoms with Gasteiger partial charge in [0.15, 0.2) is 0 Å². The first-order valence-electron chi connectivity index (χ1n) is 6.45. The summed E-state index contributed by atoms with van der Waals surface area (Å²) in [6.45, 7) is 6.20. The Kier molecular flexibility index (Phi) is 9.30. The molecule has 96 valence electrons. The van der Waals surface area contributed by atoms with Gasteiger partial charge in [-0.15, -0.1) is 0 Å². The van der Waals surface area contributed by atoms with E-state index in [1.165, 1.54) is 39.2 Å². The Hall–Kier alpha value is -0.570. The third kappa shape index (κ3) is 7.69. The highest BCUT2D eigenvalue weighted by Crippen LogP contribution is 2.07. The lowest BCUT2D eigenvalue weighted by Gasteiger charge is -2.18. The highest BCUT2D eigenvalue weighted by atomic mass is 16.5.